The van der Waals surface area contributed by atoms with Crippen LogP contribution in [0.2, 0.25) is 0 Å². The van der Waals surface area contributed by atoms with Gasteiger partial charge in [-0.25, -0.2) is 0 Å². The maximum absolute atomic E-state index is 12.3. The zero-order valence-corrected chi connectivity index (χ0v) is 15.1. The van der Waals surface area contributed by atoms with Gasteiger partial charge in [-0.1, -0.05) is 20.8 Å². The molecule has 1 aliphatic carbocycles. The molecule has 1 atom stereocenters. The first-order chi connectivity index (χ1) is 11.2. The monoisotopic (exact) mass is 352 g/mol. The van der Waals surface area contributed by atoms with Crippen LogP contribution < -0.4 is 10.6 Å². The van der Waals surface area contributed by atoms with Gasteiger partial charge in [0.15, 0.2) is 0 Å². The van der Waals surface area contributed by atoms with Crippen LogP contribution in [-0.2, 0) is 22.4 Å². The van der Waals surface area contributed by atoms with Gasteiger partial charge in [0, 0.05) is 10.3 Å². The van der Waals surface area contributed by atoms with E-state index >= 15 is 0 Å². The molecule has 6 nitrogen and oxygen atoms in total. The predicted molar refractivity (Wildman–Crippen MR) is 92.3 cm³/mol. The molecule has 1 aliphatic rings. The first-order valence-corrected chi connectivity index (χ1v) is 8.92. The smallest absolute Gasteiger partial charge is 0.322 e. The van der Waals surface area contributed by atoms with Crippen molar-refractivity contribution in [2.75, 3.05) is 13.1 Å². The number of carbonyl (C=O) groups is 3. The van der Waals surface area contributed by atoms with Crippen molar-refractivity contribution in [1.82, 2.24) is 10.6 Å². The number of carboxylic acid groups (broad SMARTS) is 1. The lowest BCUT2D eigenvalue weighted by molar-refractivity contribution is -0.137. The maximum Gasteiger partial charge on any atom is 0.322 e. The molecule has 0 bridgehead atoms. The zero-order valence-electron chi connectivity index (χ0n) is 14.3. The molecule has 2 rings (SSSR count). The number of fused-ring (bicyclic) bond motifs is 1. The molecule has 3 N–H and O–H groups in total. The SMILES string of the molecule is CC(C)(C)C1CCc2c(C(=O)NCC(=O)NCC(=O)O)csc2C1. The van der Waals surface area contributed by atoms with Crippen molar-refractivity contribution in [3.63, 3.8) is 0 Å². The average Bonchev–Trinajstić information content (AvgIpc) is 2.92. The number of aliphatic carboxylic acids is 1. The second kappa shape index (κ2) is 7.34. The molecule has 1 aromatic rings. The molecule has 24 heavy (non-hydrogen) atoms. The van der Waals surface area contributed by atoms with Crippen LogP contribution in [0.25, 0.3) is 0 Å². The molecule has 1 heterocycles. The topological polar surface area (TPSA) is 95.5 Å². The number of carbonyl (C=O) groups excluding carboxylic acids is 2. The third-order valence-corrected chi connectivity index (χ3v) is 5.52. The van der Waals surface area contributed by atoms with Crippen LogP contribution >= 0.6 is 11.3 Å². The van der Waals surface area contributed by atoms with Crippen LogP contribution in [0.4, 0.5) is 0 Å². The van der Waals surface area contributed by atoms with Gasteiger partial charge < -0.3 is 15.7 Å². The predicted octanol–water partition coefficient (Wildman–Crippen LogP) is 1.83. The average molecular weight is 352 g/mol. The van der Waals surface area contributed by atoms with Gasteiger partial charge in [0.05, 0.1) is 12.1 Å². The first-order valence-electron chi connectivity index (χ1n) is 8.04. The molecule has 2 amide bonds. The van der Waals surface area contributed by atoms with Gasteiger partial charge in [-0.15, -0.1) is 11.3 Å². The molecule has 1 unspecified atom stereocenters. The molecule has 0 aliphatic heterocycles. The zero-order chi connectivity index (χ0) is 17.9. The standard InChI is InChI=1S/C17H24N2O4S/c1-17(2,3)10-4-5-11-12(9-24-13(11)6-10)16(23)19-7-14(20)18-8-15(21)22/h9-10H,4-8H2,1-3H3,(H,18,20)(H,19,23)(H,21,22). The minimum Gasteiger partial charge on any atom is -0.480 e. The van der Waals surface area contributed by atoms with Crippen LogP contribution in [0.1, 0.15) is 48.0 Å². The van der Waals surface area contributed by atoms with E-state index in [0.29, 0.717) is 11.5 Å². The second-order valence-corrected chi connectivity index (χ2v) is 8.17. The highest BCUT2D eigenvalue weighted by atomic mass is 32.1. The Morgan fingerprint density at radius 3 is 2.58 bits per heavy atom. The number of hydrogen-bond donors (Lipinski definition) is 3. The van der Waals surface area contributed by atoms with Crippen molar-refractivity contribution in [3.05, 3.63) is 21.4 Å². The minimum absolute atomic E-state index is 0.221. The van der Waals surface area contributed by atoms with E-state index in [1.54, 1.807) is 11.3 Å². The highest BCUT2D eigenvalue weighted by Crippen LogP contribution is 2.40. The third-order valence-electron chi connectivity index (χ3n) is 4.47. The molecule has 132 valence electrons. The summed E-state index contributed by atoms with van der Waals surface area (Å²) in [5, 5.41) is 15.1. The Hall–Kier alpha value is -1.89. The summed E-state index contributed by atoms with van der Waals surface area (Å²) < 4.78 is 0. The van der Waals surface area contributed by atoms with Gasteiger partial charge in [-0.3, -0.25) is 14.4 Å². The van der Waals surface area contributed by atoms with Crippen LogP contribution in [0.5, 0.6) is 0 Å². The van der Waals surface area contributed by atoms with E-state index in [2.05, 4.69) is 31.4 Å². The molecule has 7 heteroatoms. The van der Waals surface area contributed by atoms with Gasteiger partial charge in [-0.05, 0) is 36.2 Å². The number of rotatable bonds is 5. The van der Waals surface area contributed by atoms with Crippen molar-refractivity contribution in [2.45, 2.75) is 40.0 Å². The van der Waals surface area contributed by atoms with E-state index in [0.717, 1.165) is 24.8 Å². The molecule has 0 fully saturated rings. The third kappa shape index (κ3) is 4.56. The van der Waals surface area contributed by atoms with Gasteiger partial charge >= 0.3 is 5.97 Å². The van der Waals surface area contributed by atoms with Crippen molar-refractivity contribution in [3.8, 4) is 0 Å². The molecular formula is C17H24N2O4S. The lowest BCUT2D eigenvalue weighted by atomic mass is 9.72. The van der Waals surface area contributed by atoms with Gasteiger partial charge in [0.25, 0.3) is 5.91 Å². The Labute approximate surface area is 145 Å². The van der Waals surface area contributed by atoms with Crippen molar-refractivity contribution < 1.29 is 19.5 Å². The molecule has 0 aromatic carbocycles. The summed E-state index contributed by atoms with van der Waals surface area (Å²) in [7, 11) is 0. The number of thiophene rings is 1. The van der Waals surface area contributed by atoms with Gasteiger partial charge in [-0.2, -0.15) is 0 Å². The van der Waals surface area contributed by atoms with Crippen LogP contribution in [-0.4, -0.2) is 36.0 Å². The van der Waals surface area contributed by atoms with Crippen LogP contribution in [0.3, 0.4) is 0 Å². The summed E-state index contributed by atoms with van der Waals surface area (Å²) in [6, 6.07) is 0. The Morgan fingerprint density at radius 1 is 1.25 bits per heavy atom. The lowest BCUT2D eigenvalue weighted by Gasteiger charge is -2.34. The summed E-state index contributed by atoms with van der Waals surface area (Å²) in [5.41, 5.74) is 2.00. The van der Waals surface area contributed by atoms with Gasteiger partial charge in [0.2, 0.25) is 5.91 Å². The Kier molecular flexibility index (Phi) is 5.64. The number of carboxylic acids is 1. The fourth-order valence-electron chi connectivity index (χ4n) is 2.93. The molecule has 0 saturated heterocycles. The van der Waals surface area contributed by atoms with Crippen LogP contribution in [0, 0.1) is 11.3 Å². The number of nitrogens with one attached hydrogen (secondary N) is 2. The van der Waals surface area contributed by atoms with E-state index in [1.807, 2.05) is 5.38 Å². The van der Waals surface area contributed by atoms with E-state index in [9.17, 15) is 14.4 Å². The molecule has 0 saturated carbocycles. The number of amides is 2. The molecule has 0 radical (unpaired) electrons. The summed E-state index contributed by atoms with van der Waals surface area (Å²) in [4.78, 5) is 35.4. The number of hydrogen-bond acceptors (Lipinski definition) is 4. The van der Waals surface area contributed by atoms with Crippen molar-refractivity contribution in [1.29, 1.82) is 0 Å². The summed E-state index contributed by atoms with van der Waals surface area (Å²) in [6.07, 6.45) is 2.94. The Bertz CT molecular complexity index is 646. The summed E-state index contributed by atoms with van der Waals surface area (Å²) in [5.74, 6) is -1.29. The molecule has 1 aromatic heterocycles. The van der Waals surface area contributed by atoms with E-state index in [4.69, 9.17) is 5.11 Å². The fourth-order valence-corrected chi connectivity index (χ4v) is 4.10. The normalized spacial score (nSPS) is 17.0. The van der Waals surface area contributed by atoms with Crippen molar-refractivity contribution in [2.24, 2.45) is 11.3 Å². The van der Waals surface area contributed by atoms with E-state index in [1.165, 1.54) is 4.88 Å². The highest BCUT2D eigenvalue weighted by molar-refractivity contribution is 7.10. The van der Waals surface area contributed by atoms with E-state index in [-0.39, 0.29) is 17.9 Å². The Morgan fingerprint density at radius 2 is 1.96 bits per heavy atom. The fraction of sp³-hybridized carbons (Fsp3) is 0.588. The van der Waals surface area contributed by atoms with Gasteiger partial charge in [0.1, 0.15) is 6.54 Å². The second-order valence-electron chi connectivity index (χ2n) is 7.21. The highest BCUT2D eigenvalue weighted by Gasteiger charge is 2.31. The largest absolute Gasteiger partial charge is 0.480 e. The van der Waals surface area contributed by atoms with E-state index < -0.39 is 18.4 Å². The quantitative estimate of drug-likeness (QED) is 0.753. The maximum atomic E-state index is 12.3. The summed E-state index contributed by atoms with van der Waals surface area (Å²) >= 11 is 1.61. The summed E-state index contributed by atoms with van der Waals surface area (Å²) in [6.45, 7) is 6.08. The lowest BCUT2D eigenvalue weighted by Crippen LogP contribution is -2.39. The van der Waals surface area contributed by atoms with Crippen molar-refractivity contribution >= 4 is 29.1 Å². The van der Waals surface area contributed by atoms with Crippen LogP contribution in [0.15, 0.2) is 5.38 Å². The Balaban J connectivity index is 1.95. The minimum atomic E-state index is -1.12. The molecular weight excluding hydrogens is 328 g/mol. The first kappa shape index (κ1) is 18.4. The molecule has 0 spiro atoms.